The van der Waals surface area contributed by atoms with Crippen LogP contribution in [0.5, 0.6) is 11.5 Å². The lowest BCUT2D eigenvalue weighted by molar-refractivity contribution is -0.125. The molecule has 2 unspecified atom stereocenters. The van der Waals surface area contributed by atoms with Gasteiger partial charge in [-0.25, -0.2) is 4.39 Å². The van der Waals surface area contributed by atoms with E-state index >= 15 is 0 Å². The van der Waals surface area contributed by atoms with Crippen molar-refractivity contribution in [2.75, 3.05) is 12.5 Å². The molecule has 1 N–H and O–H groups in total. The molecule has 6 nitrogen and oxygen atoms in total. The Bertz CT molecular complexity index is 1290. The highest BCUT2D eigenvalue weighted by Crippen LogP contribution is 2.43. The number of hydrogen-bond acceptors (Lipinski definition) is 5. The van der Waals surface area contributed by atoms with E-state index in [-0.39, 0.29) is 35.6 Å². The second-order valence-electron chi connectivity index (χ2n) is 8.00. The van der Waals surface area contributed by atoms with Crippen LogP contribution in [0.1, 0.15) is 26.9 Å². The van der Waals surface area contributed by atoms with Crippen LogP contribution in [0.3, 0.4) is 0 Å². The first-order valence-corrected chi connectivity index (χ1v) is 12.5. The van der Waals surface area contributed by atoms with Crippen molar-refractivity contribution in [2.24, 2.45) is 0 Å². The highest BCUT2D eigenvalue weighted by molar-refractivity contribution is 7.99. The highest BCUT2D eigenvalue weighted by Gasteiger charge is 2.43. The first-order valence-electron chi connectivity index (χ1n) is 10.7. The van der Waals surface area contributed by atoms with Gasteiger partial charge >= 0.3 is 0 Å². The molecule has 0 saturated carbocycles. The maximum absolute atomic E-state index is 13.6. The zero-order chi connectivity index (χ0) is 24.5. The fourth-order valence-corrected chi connectivity index (χ4v) is 5.92. The number of amides is 2. The Balaban J connectivity index is 1.40. The lowest BCUT2D eigenvalue weighted by atomic mass is 10.1. The zero-order valence-corrected chi connectivity index (χ0v) is 20.5. The largest absolute Gasteiger partial charge is 0.454 e. The second-order valence-corrected chi connectivity index (χ2v) is 9.95. The Morgan fingerprint density at radius 2 is 1.80 bits per heavy atom. The van der Waals surface area contributed by atoms with Crippen LogP contribution in [0.25, 0.3) is 0 Å². The average molecular weight is 533 g/mol. The summed E-state index contributed by atoms with van der Waals surface area (Å²) < 4.78 is 24.3. The van der Waals surface area contributed by atoms with Gasteiger partial charge in [0.1, 0.15) is 17.2 Å². The summed E-state index contributed by atoms with van der Waals surface area (Å²) in [6.45, 7) is 0.418. The Morgan fingerprint density at radius 3 is 2.57 bits per heavy atom. The first-order chi connectivity index (χ1) is 16.9. The highest BCUT2D eigenvalue weighted by atomic mass is 35.5. The van der Waals surface area contributed by atoms with E-state index in [0.29, 0.717) is 27.8 Å². The fraction of sp³-hybridized carbons (Fsp3) is 0.200. The van der Waals surface area contributed by atoms with E-state index in [1.54, 1.807) is 30.3 Å². The lowest BCUT2D eigenvalue weighted by Gasteiger charge is -2.29. The van der Waals surface area contributed by atoms with Crippen molar-refractivity contribution < 1.29 is 23.5 Å². The van der Waals surface area contributed by atoms with Crippen LogP contribution in [-0.2, 0) is 11.3 Å². The summed E-state index contributed by atoms with van der Waals surface area (Å²) in [6, 6.07) is 15.2. The Hall–Kier alpha value is -2.94. The molecular formula is C25H19Cl2FN2O4S. The number of nitrogens with one attached hydrogen (secondary N) is 1. The van der Waals surface area contributed by atoms with Gasteiger partial charge in [-0.1, -0.05) is 41.4 Å². The molecule has 2 atom stereocenters. The second kappa shape index (κ2) is 9.97. The van der Waals surface area contributed by atoms with Crippen LogP contribution in [0, 0.1) is 5.82 Å². The maximum Gasteiger partial charge on any atom is 0.257 e. The molecule has 2 aliphatic heterocycles. The van der Waals surface area contributed by atoms with Crippen LogP contribution in [0.4, 0.5) is 4.39 Å². The smallest absolute Gasteiger partial charge is 0.257 e. The van der Waals surface area contributed by atoms with Gasteiger partial charge in [-0.2, -0.15) is 0 Å². The molecule has 1 saturated heterocycles. The maximum atomic E-state index is 13.6. The van der Waals surface area contributed by atoms with Gasteiger partial charge in [0.15, 0.2) is 11.5 Å². The molecule has 5 rings (SSSR count). The number of rotatable bonds is 5. The van der Waals surface area contributed by atoms with Crippen molar-refractivity contribution in [3.8, 4) is 11.5 Å². The van der Waals surface area contributed by atoms with Gasteiger partial charge in [0.05, 0.1) is 10.6 Å². The fourth-order valence-electron chi connectivity index (χ4n) is 4.00. The minimum absolute atomic E-state index is 0.166. The molecule has 0 aromatic heterocycles. The molecule has 0 spiro atoms. The van der Waals surface area contributed by atoms with Gasteiger partial charge in [0.25, 0.3) is 5.91 Å². The van der Waals surface area contributed by atoms with Crippen molar-refractivity contribution in [1.29, 1.82) is 0 Å². The number of ether oxygens (including phenoxy) is 2. The zero-order valence-electron chi connectivity index (χ0n) is 18.2. The van der Waals surface area contributed by atoms with Crippen molar-refractivity contribution in [1.82, 2.24) is 10.2 Å². The molecule has 10 heteroatoms. The van der Waals surface area contributed by atoms with Crippen LogP contribution in [-0.4, -0.2) is 35.3 Å². The van der Waals surface area contributed by atoms with Crippen molar-refractivity contribution in [3.63, 3.8) is 0 Å². The molecule has 2 amide bonds. The minimum atomic E-state index is -0.761. The molecule has 0 radical (unpaired) electrons. The van der Waals surface area contributed by atoms with E-state index < -0.39 is 17.3 Å². The molecule has 0 aliphatic carbocycles. The van der Waals surface area contributed by atoms with Gasteiger partial charge < -0.3 is 19.7 Å². The van der Waals surface area contributed by atoms with E-state index in [9.17, 15) is 14.0 Å². The minimum Gasteiger partial charge on any atom is -0.454 e. The third-order valence-electron chi connectivity index (χ3n) is 5.76. The van der Waals surface area contributed by atoms with Crippen LogP contribution in [0.2, 0.25) is 10.0 Å². The van der Waals surface area contributed by atoms with Gasteiger partial charge in [0, 0.05) is 17.3 Å². The third-order valence-corrected chi connectivity index (χ3v) is 7.63. The van der Waals surface area contributed by atoms with Crippen LogP contribution < -0.4 is 14.8 Å². The summed E-state index contributed by atoms with van der Waals surface area (Å²) in [5.41, 5.74) is 1.78. The van der Waals surface area contributed by atoms with Gasteiger partial charge in [-0.05, 0) is 53.6 Å². The first kappa shape index (κ1) is 23.8. The quantitative estimate of drug-likeness (QED) is 0.474. The number of carbonyl (C=O) groups excluding carboxylic acids is 2. The van der Waals surface area contributed by atoms with E-state index in [1.165, 1.54) is 34.9 Å². The summed E-state index contributed by atoms with van der Waals surface area (Å²) in [6.07, 6.45) is 0. The third kappa shape index (κ3) is 4.91. The number of carbonyl (C=O) groups is 2. The summed E-state index contributed by atoms with van der Waals surface area (Å²) in [5.74, 6) is 0.553. The Morgan fingerprint density at radius 1 is 1.03 bits per heavy atom. The number of fused-ring (bicyclic) bond motifs is 1. The topological polar surface area (TPSA) is 67.9 Å². The molecule has 0 bridgehead atoms. The van der Waals surface area contributed by atoms with Gasteiger partial charge in [-0.15, -0.1) is 11.8 Å². The molecule has 2 aliphatic rings. The SMILES string of the molecule is O=C(NCc1ccc2c(c1)OCO2)C1CSC(c2ccc(F)cc2)N1C(=O)c1ccc(Cl)cc1Cl. The molecule has 2 heterocycles. The van der Waals surface area contributed by atoms with E-state index in [0.717, 1.165) is 5.56 Å². The Labute approximate surface area is 215 Å². The predicted octanol–water partition coefficient (Wildman–Crippen LogP) is 5.43. The number of nitrogens with zero attached hydrogens (tertiary/aromatic N) is 1. The van der Waals surface area contributed by atoms with Crippen molar-refractivity contribution in [3.05, 3.63) is 93.2 Å². The normalized spacial score (nSPS) is 18.5. The predicted molar refractivity (Wildman–Crippen MR) is 132 cm³/mol. The summed E-state index contributed by atoms with van der Waals surface area (Å²) >= 11 is 13.8. The van der Waals surface area contributed by atoms with Gasteiger partial charge in [0.2, 0.25) is 12.7 Å². The lowest BCUT2D eigenvalue weighted by Crippen LogP contribution is -2.47. The molecule has 1 fully saturated rings. The molecule has 180 valence electrons. The summed E-state index contributed by atoms with van der Waals surface area (Å²) in [7, 11) is 0. The van der Waals surface area contributed by atoms with Crippen molar-refractivity contribution in [2.45, 2.75) is 18.0 Å². The summed E-state index contributed by atoms with van der Waals surface area (Å²) in [4.78, 5) is 28.4. The van der Waals surface area contributed by atoms with Crippen LogP contribution in [0.15, 0.2) is 60.7 Å². The van der Waals surface area contributed by atoms with E-state index in [2.05, 4.69) is 5.32 Å². The summed E-state index contributed by atoms with van der Waals surface area (Å²) in [5, 5.41) is 3.02. The Kier molecular flexibility index (Phi) is 6.77. The molecule has 3 aromatic rings. The molecule has 3 aromatic carbocycles. The molecular weight excluding hydrogens is 514 g/mol. The number of benzene rings is 3. The number of halogens is 3. The average Bonchev–Trinajstić information content (AvgIpc) is 3.49. The number of hydrogen-bond donors (Lipinski definition) is 1. The van der Waals surface area contributed by atoms with E-state index in [4.69, 9.17) is 32.7 Å². The van der Waals surface area contributed by atoms with Gasteiger partial charge in [-0.3, -0.25) is 9.59 Å². The van der Waals surface area contributed by atoms with Crippen LogP contribution >= 0.6 is 35.0 Å². The van der Waals surface area contributed by atoms with E-state index in [1.807, 2.05) is 12.1 Å². The standard InChI is InChI=1S/C25H19Cl2FN2O4S/c26-16-4-7-18(19(27)10-16)24(32)30-20(12-35-25(30)15-2-5-17(28)6-3-15)23(31)29-11-14-1-8-21-22(9-14)34-13-33-21/h1-10,20,25H,11-13H2,(H,29,31). The monoisotopic (exact) mass is 532 g/mol. The molecule has 35 heavy (non-hydrogen) atoms. The van der Waals surface area contributed by atoms with Crippen molar-refractivity contribution >= 4 is 46.8 Å². The number of thioether (sulfide) groups is 1.